The lowest BCUT2D eigenvalue weighted by atomic mass is 9.84. The maximum Gasteiger partial charge on any atom is 0.234 e. The molecule has 6 nitrogen and oxygen atoms in total. The molecular weight excluding hydrogens is 316 g/mol. The maximum atomic E-state index is 6.08. The predicted molar refractivity (Wildman–Crippen MR) is 94.3 cm³/mol. The number of rotatable bonds is 2. The summed E-state index contributed by atoms with van der Waals surface area (Å²) in [4.78, 5) is 8.81. The van der Waals surface area contributed by atoms with E-state index in [4.69, 9.17) is 15.0 Å². The van der Waals surface area contributed by atoms with Gasteiger partial charge in [0, 0.05) is 23.2 Å². The molecule has 4 rings (SSSR count). The summed E-state index contributed by atoms with van der Waals surface area (Å²) in [5.74, 6) is 2.42. The molecule has 1 aliphatic heterocycles. The Morgan fingerprint density at radius 3 is 2.76 bits per heavy atom. The summed E-state index contributed by atoms with van der Waals surface area (Å²) < 4.78 is 11.7. The number of pyridine rings is 1. The Labute approximate surface area is 146 Å². The van der Waals surface area contributed by atoms with Crippen molar-refractivity contribution in [1.82, 2.24) is 15.1 Å². The van der Waals surface area contributed by atoms with Crippen LogP contribution in [0.5, 0.6) is 5.75 Å². The number of nitrogens with two attached hydrogens (primary N) is 1. The van der Waals surface area contributed by atoms with Gasteiger partial charge >= 0.3 is 0 Å². The van der Waals surface area contributed by atoms with Gasteiger partial charge in [-0.25, -0.2) is 4.98 Å². The van der Waals surface area contributed by atoms with Crippen LogP contribution in [0.4, 0.5) is 5.82 Å². The van der Waals surface area contributed by atoms with E-state index in [0.29, 0.717) is 17.5 Å². The van der Waals surface area contributed by atoms with Crippen LogP contribution >= 0.6 is 0 Å². The highest BCUT2D eigenvalue weighted by Crippen LogP contribution is 2.43. The number of benzene rings is 1. The summed E-state index contributed by atoms with van der Waals surface area (Å²) in [6.07, 6.45) is 0.767. The first-order valence-electron chi connectivity index (χ1n) is 8.27. The lowest BCUT2D eigenvalue weighted by Crippen LogP contribution is -2.35. The van der Waals surface area contributed by atoms with Gasteiger partial charge in [0.05, 0.1) is 5.92 Å². The van der Waals surface area contributed by atoms with E-state index in [1.807, 2.05) is 37.3 Å². The number of nitrogen functional groups attached to an aromatic ring is 1. The number of anilines is 1. The minimum absolute atomic E-state index is 0.00137. The fourth-order valence-electron chi connectivity index (χ4n) is 3.34. The third-order valence-corrected chi connectivity index (χ3v) is 4.35. The smallest absolute Gasteiger partial charge is 0.234 e. The van der Waals surface area contributed by atoms with E-state index in [-0.39, 0.29) is 11.5 Å². The van der Waals surface area contributed by atoms with Crippen LogP contribution in [0.1, 0.15) is 43.3 Å². The number of ether oxygens (including phenoxy) is 1. The average molecular weight is 336 g/mol. The van der Waals surface area contributed by atoms with Gasteiger partial charge in [0.15, 0.2) is 0 Å². The van der Waals surface area contributed by atoms with E-state index < -0.39 is 0 Å². The van der Waals surface area contributed by atoms with Crippen molar-refractivity contribution in [2.75, 3.05) is 5.73 Å². The van der Waals surface area contributed by atoms with Crippen LogP contribution in [0.25, 0.3) is 11.4 Å². The molecule has 6 heteroatoms. The third-order valence-electron chi connectivity index (χ3n) is 4.35. The van der Waals surface area contributed by atoms with Crippen LogP contribution < -0.4 is 10.5 Å². The number of hydrogen-bond donors (Lipinski definition) is 1. The van der Waals surface area contributed by atoms with Crippen molar-refractivity contribution < 1.29 is 9.26 Å². The number of para-hydroxylation sites is 1. The maximum absolute atomic E-state index is 6.08. The zero-order valence-electron chi connectivity index (χ0n) is 14.5. The normalized spacial score (nSPS) is 18.4. The van der Waals surface area contributed by atoms with Crippen molar-refractivity contribution in [1.29, 1.82) is 0 Å². The van der Waals surface area contributed by atoms with Crippen LogP contribution in [0.2, 0.25) is 0 Å². The molecule has 0 aliphatic carbocycles. The number of fused-ring (bicyclic) bond motifs is 1. The Morgan fingerprint density at radius 2 is 1.96 bits per heavy atom. The first-order valence-corrected chi connectivity index (χ1v) is 8.27. The Morgan fingerprint density at radius 1 is 1.16 bits per heavy atom. The summed E-state index contributed by atoms with van der Waals surface area (Å²) in [6.45, 7) is 6.03. The summed E-state index contributed by atoms with van der Waals surface area (Å²) >= 11 is 0. The number of aromatic nitrogens is 3. The predicted octanol–water partition coefficient (Wildman–Crippen LogP) is 3.72. The lowest BCUT2D eigenvalue weighted by molar-refractivity contribution is 0.0725. The van der Waals surface area contributed by atoms with Gasteiger partial charge in [-0.05, 0) is 39.0 Å². The highest BCUT2D eigenvalue weighted by Gasteiger charge is 2.37. The van der Waals surface area contributed by atoms with Gasteiger partial charge in [-0.3, -0.25) is 0 Å². The molecule has 3 aromatic rings. The van der Waals surface area contributed by atoms with Gasteiger partial charge in [-0.2, -0.15) is 4.98 Å². The van der Waals surface area contributed by atoms with Crippen LogP contribution in [0, 0.1) is 6.92 Å². The second-order valence-electron chi connectivity index (χ2n) is 7.03. The molecule has 0 amide bonds. The van der Waals surface area contributed by atoms with E-state index in [1.54, 1.807) is 6.07 Å². The molecule has 0 radical (unpaired) electrons. The number of nitrogens with zero attached hydrogens (tertiary/aromatic N) is 3. The van der Waals surface area contributed by atoms with Gasteiger partial charge in [-0.15, -0.1) is 0 Å². The van der Waals surface area contributed by atoms with Crippen LogP contribution in [0.3, 0.4) is 0 Å². The van der Waals surface area contributed by atoms with Crippen molar-refractivity contribution >= 4 is 5.82 Å². The largest absolute Gasteiger partial charge is 0.488 e. The molecule has 0 fully saturated rings. The Balaban J connectivity index is 1.75. The van der Waals surface area contributed by atoms with Crippen molar-refractivity contribution in [3.8, 4) is 17.1 Å². The highest BCUT2D eigenvalue weighted by atomic mass is 16.5. The van der Waals surface area contributed by atoms with E-state index in [1.165, 1.54) is 0 Å². The molecule has 25 heavy (non-hydrogen) atoms. The molecule has 3 heterocycles. The minimum atomic E-state index is -0.300. The Bertz CT molecular complexity index is 912. The minimum Gasteiger partial charge on any atom is -0.488 e. The van der Waals surface area contributed by atoms with Crippen molar-refractivity contribution in [2.45, 2.75) is 38.7 Å². The molecular formula is C19H20N4O2. The fraction of sp³-hybridized carbons (Fsp3) is 0.316. The van der Waals surface area contributed by atoms with E-state index in [0.717, 1.165) is 29.0 Å². The molecule has 1 atom stereocenters. The van der Waals surface area contributed by atoms with Gasteiger partial charge in [0.1, 0.15) is 17.2 Å². The summed E-state index contributed by atoms with van der Waals surface area (Å²) in [5, 5.41) is 4.15. The van der Waals surface area contributed by atoms with Crippen molar-refractivity contribution in [2.24, 2.45) is 0 Å². The number of hydrogen-bond acceptors (Lipinski definition) is 6. The molecule has 1 aromatic carbocycles. The monoisotopic (exact) mass is 336 g/mol. The van der Waals surface area contributed by atoms with E-state index in [9.17, 15) is 0 Å². The molecule has 1 unspecified atom stereocenters. The van der Waals surface area contributed by atoms with Crippen LogP contribution in [0.15, 0.2) is 40.9 Å². The molecule has 2 aromatic heterocycles. The Hall–Kier alpha value is -2.89. The molecule has 2 N–H and O–H groups in total. The van der Waals surface area contributed by atoms with Crippen molar-refractivity contribution in [3.63, 3.8) is 0 Å². The molecule has 0 spiro atoms. The zero-order valence-corrected chi connectivity index (χ0v) is 14.5. The topological polar surface area (TPSA) is 87.1 Å². The standard InChI is InChI=1S/C19H20N4O2/c1-11-8-12(9-16(20)21-11)17-22-18(25-23-17)14-10-19(2,3)24-15-7-5-4-6-13(14)15/h4-9,14H,10H2,1-3H3,(H2,20,21). The summed E-state index contributed by atoms with van der Waals surface area (Å²) in [7, 11) is 0. The summed E-state index contributed by atoms with van der Waals surface area (Å²) in [6, 6.07) is 11.6. The van der Waals surface area contributed by atoms with Crippen LogP contribution in [-0.2, 0) is 0 Å². The second kappa shape index (κ2) is 5.58. The van der Waals surface area contributed by atoms with E-state index >= 15 is 0 Å². The average Bonchev–Trinajstić information content (AvgIpc) is 3.02. The van der Waals surface area contributed by atoms with Crippen LogP contribution in [-0.4, -0.2) is 20.7 Å². The number of aryl methyl sites for hydroxylation is 1. The third kappa shape index (κ3) is 2.95. The molecule has 0 bridgehead atoms. The highest BCUT2D eigenvalue weighted by molar-refractivity contribution is 5.59. The fourth-order valence-corrected chi connectivity index (χ4v) is 3.34. The second-order valence-corrected chi connectivity index (χ2v) is 7.03. The van der Waals surface area contributed by atoms with Gasteiger partial charge in [0.25, 0.3) is 0 Å². The molecule has 1 aliphatic rings. The summed E-state index contributed by atoms with van der Waals surface area (Å²) in [5.41, 5.74) is 8.23. The van der Waals surface area contributed by atoms with Gasteiger partial charge in [0.2, 0.25) is 11.7 Å². The van der Waals surface area contributed by atoms with Crippen molar-refractivity contribution in [3.05, 3.63) is 53.5 Å². The molecule has 128 valence electrons. The zero-order chi connectivity index (χ0) is 17.6. The quantitative estimate of drug-likeness (QED) is 0.767. The van der Waals surface area contributed by atoms with E-state index in [2.05, 4.69) is 29.0 Å². The lowest BCUT2D eigenvalue weighted by Gasteiger charge is -2.36. The first-order chi connectivity index (χ1) is 11.9. The Kier molecular flexibility index (Phi) is 3.49. The molecule has 0 saturated heterocycles. The SMILES string of the molecule is Cc1cc(-c2noc(C3CC(C)(C)Oc4ccccc43)n2)cc(N)n1. The first kappa shape index (κ1) is 15.6. The van der Waals surface area contributed by atoms with Gasteiger partial charge in [-0.1, -0.05) is 23.4 Å². The van der Waals surface area contributed by atoms with Gasteiger partial charge < -0.3 is 15.0 Å². The molecule has 0 saturated carbocycles.